The average Bonchev–Trinajstić information content (AvgIpc) is 2.84. The van der Waals surface area contributed by atoms with Crippen LogP contribution in [0.5, 0.6) is 0 Å². The standard InChI is InChI=1S/C16H18Cl2FN3O/c1-3-10(4-2)16(23)20-15-13(18)9-22(21-15)8-11-12(17)6-5-7-14(11)19/h5-7,9-10H,3-4,8H2,1-2H3,(H,20,21,23). The van der Waals surface area contributed by atoms with Crippen LogP contribution in [0, 0.1) is 11.7 Å². The number of carbonyl (C=O) groups excluding carboxylic acids is 1. The number of rotatable bonds is 6. The highest BCUT2D eigenvalue weighted by Gasteiger charge is 2.18. The monoisotopic (exact) mass is 357 g/mol. The second-order valence-electron chi connectivity index (χ2n) is 5.23. The van der Waals surface area contributed by atoms with Crippen LogP contribution in [0.15, 0.2) is 24.4 Å². The molecule has 124 valence electrons. The van der Waals surface area contributed by atoms with Crippen LogP contribution in [-0.4, -0.2) is 15.7 Å². The molecule has 0 fully saturated rings. The van der Waals surface area contributed by atoms with Gasteiger partial charge in [0.2, 0.25) is 5.91 Å². The molecule has 1 N–H and O–H groups in total. The van der Waals surface area contributed by atoms with E-state index in [2.05, 4.69) is 10.4 Å². The van der Waals surface area contributed by atoms with Crippen LogP contribution in [0.3, 0.4) is 0 Å². The molecule has 2 rings (SSSR count). The van der Waals surface area contributed by atoms with E-state index in [-0.39, 0.29) is 24.2 Å². The van der Waals surface area contributed by atoms with Gasteiger partial charge in [0.05, 0.1) is 6.54 Å². The molecule has 0 unspecified atom stereocenters. The minimum Gasteiger partial charge on any atom is -0.308 e. The number of halogens is 3. The lowest BCUT2D eigenvalue weighted by Gasteiger charge is -2.11. The third-order valence-corrected chi connectivity index (χ3v) is 4.33. The maximum Gasteiger partial charge on any atom is 0.228 e. The number of amides is 1. The molecule has 2 aromatic rings. The lowest BCUT2D eigenvalue weighted by Crippen LogP contribution is -2.22. The summed E-state index contributed by atoms with van der Waals surface area (Å²) < 4.78 is 15.3. The van der Waals surface area contributed by atoms with Crippen LogP contribution >= 0.6 is 23.2 Å². The maximum atomic E-state index is 13.8. The summed E-state index contributed by atoms with van der Waals surface area (Å²) in [5.74, 6) is -0.342. The Morgan fingerprint density at radius 3 is 2.61 bits per heavy atom. The van der Waals surface area contributed by atoms with Crippen molar-refractivity contribution in [3.05, 3.63) is 45.8 Å². The third-order valence-electron chi connectivity index (χ3n) is 3.70. The van der Waals surface area contributed by atoms with E-state index >= 15 is 0 Å². The molecular formula is C16H18Cl2FN3O. The summed E-state index contributed by atoms with van der Waals surface area (Å²) in [4.78, 5) is 12.1. The van der Waals surface area contributed by atoms with E-state index in [0.29, 0.717) is 15.6 Å². The lowest BCUT2D eigenvalue weighted by atomic mass is 10.0. The van der Waals surface area contributed by atoms with E-state index in [9.17, 15) is 9.18 Å². The highest BCUT2D eigenvalue weighted by Crippen LogP contribution is 2.24. The van der Waals surface area contributed by atoms with Gasteiger partial charge in [0.1, 0.15) is 10.8 Å². The largest absolute Gasteiger partial charge is 0.308 e. The summed E-state index contributed by atoms with van der Waals surface area (Å²) in [6.07, 6.45) is 3.02. The second kappa shape index (κ2) is 7.79. The number of nitrogens with one attached hydrogen (secondary N) is 1. The third kappa shape index (κ3) is 4.24. The Bertz CT molecular complexity index is 678. The van der Waals surface area contributed by atoms with Crippen molar-refractivity contribution in [1.29, 1.82) is 0 Å². The molecule has 1 aromatic carbocycles. The molecule has 0 spiro atoms. The number of anilines is 1. The molecule has 0 aliphatic carbocycles. The van der Waals surface area contributed by atoms with Crippen LogP contribution in [0.2, 0.25) is 10.0 Å². The zero-order chi connectivity index (χ0) is 17.0. The van der Waals surface area contributed by atoms with Crippen molar-refractivity contribution in [2.45, 2.75) is 33.2 Å². The molecule has 1 heterocycles. The van der Waals surface area contributed by atoms with E-state index in [1.807, 2.05) is 13.8 Å². The molecule has 1 amide bonds. The van der Waals surface area contributed by atoms with Gasteiger partial charge in [-0.15, -0.1) is 0 Å². The minimum atomic E-state index is -0.410. The lowest BCUT2D eigenvalue weighted by molar-refractivity contribution is -0.120. The van der Waals surface area contributed by atoms with Gasteiger partial charge in [0, 0.05) is 22.7 Å². The van der Waals surface area contributed by atoms with Gasteiger partial charge < -0.3 is 5.32 Å². The fourth-order valence-electron chi connectivity index (χ4n) is 2.29. The molecule has 0 saturated carbocycles. The van der Waals surface area contributed by atoms with Gasteiger partial charge in [-0.25, -0.2) is 4.39 Å². The number of carbonyl (C=O) groups is 1. The van der Waals surface area contributed by atoms with Gasteiger partial charge in [-0.2, -0.15) is 5.10 Å². The normalized spacial score (nSPS) is 11.0. The quantitative estimate of drug-likeness (QED) is 0.810. The van der Waals surface area contributed by atoms with Gasteiger partial charge in [0.25, 0.3) is 0 Å². The topological polar surface area (TPSA) is 46.9 Å². The molecule has 23 heavy (non-hydrogen) atoms. The van der Waals surface area contributed by atoms with E-state index in [1.54, 1.807) is 12.1 Å². The van der Waals surface area contributed by atoms with Gasteiger partial charge in [-0.1, -0.05) is 43.1 Å². The SMILES string of the molecule is CCC(CC)C(=O)Nc1nn(Cc2c(F)cccc2Cl)cc1Cl. The Morgan fingerprint density at radius 2 is 2.00 bits per heavy atom. The molecule has 4 nitrogen and oxygen atoms in total. The Hall–Kier alpha value is -1.59. The van der Waals surface area contributed by atoms with Crippen molar-refractivity contribution in [1.82, 2.24) is 9.78 Å². The van der Waals surface area contributed by atoms with Crippen molar-refractivity contribution in [3.63, 3.8) is 0 Å². The Balaban J connectivity index is 2.17. The molecule has 0 bridgehead atoms. The highest BCUT2D eigenvalue weighted by atomic mass is 35.5. The summed E-state index contributed by atoms with van der Waals surface area (Å²) in [5, 5.41) is 7.55. The number of hydrogen-bond acceptors (Lipinski definition) is 2. The number of nitrogens with zero attached hydrogens (tertiary/aromatic N) is 2. The second-order valence-corrected chi connectivity index (χ2v) is 6.04. The van der Waals surface area contributed by atoms with Crippen LogP contribution in [0.1, 0.15) is 32.3 Å². The van der Waals surface area contributed by atoms with Crippen molar-refractivity contribution < 1.29 is 9.18 Å². The molecule has 0 aliphatic heterocycles. The van der Waals surface area contributed by atoms with Crippen molar-refractivity contribution in [3.8, 4) is 0 Å². The first-order valence-electron chi connectivity index (χ1n) is 7.42. The van der Waals surface area contributed by atoms with E-state index in [1.165, 1.54) is 16.9 Å². The zero-order valence-corrected chi connectivity index (χ0v) is 14.5. The fourth-order valence-corrected chi connectivity index (χ4v) is 2.71. The number of hydrogen-bond donors (Lipinski definition) is 1. The van der Waals surface area contributed by atoms with E-state index in [0.717, 1.165) is 12.8 Å². The predicted octanol–water partition coefficient (Wildman–Crippen LogP) is 4.75. The Morgan fingerprint density at radius 1 is 1.30 bits per heavy atom. The molecule has 0 radical (unpaired) electrons. The number of aromatic nitrogens is 2. The summed E-state index contributed by atoms with van der Waals surface area (Å²) in [6, 6.07) is 4.49. The van der Waals surface area contributed by atoms with Gasteiger partial charge in [0.15, 0.2) is 5.82 Å². The molecule has 1 aromatic heterocycles. The van der Waals surface area contributed by atoms with Crippen LogP contribution in [0.4, 0.5) is 10.2 Å². The first kappa shape index (κ1) is 17.8. The smallest absolute Gasteiger partial charge is 0.228 e. The van der Waals surface area contributed by atoms with Gasteiger partial charge >= 0.3 is 0 Å². The molecule has 0 saturated heterocycles. The van der Waals surface area contributed by atoms with Gasteiger partial charge in [-0.3, -0.25) is 9.48 Å². The Kier molecular flexibility index (Phi) is 6.02. The number of benzene rings is 1. The van der Waals surface area contributed by atoms with Crippen molar-refractivity contribution in [2.24, 2.45) is 5.92 Å². The van der Waals surface area contributed by atoms with Gasteiger partial charge in [-0.05, 0) is 25.0 Å². The Labute approximate surface area is 144 Å². The van der Waals surface area contributed by atoms with Crippen molar-refractivity contribution >= 4 is 34.9 Å². The summed E-state index contributed by atoms with van der Waals surface area (Å²) in [5.41, 5.74) is 0.325. The first-order valence-corrected chi connectivity index (χ1v) is 8.18. The minimum absolute atomic E-state index is 0.0859. The van der Waals surface area contributed by atoms with Crippen molar-refractivity contribution in [2.75, 3.05) is 5.32 Å². The van der Waals surface area contributed by atoms with E-state index < -0.39 is 5.82 Å². The summed E-state index contributed by atoms with van der Waals surface area (Å²) in [7, 11) is 0. The maximum absolute atomic E-state index is 13.8. The summed E-state index contributed by atoms with van der Waals surface area (Å²) >= 11 is 12.1. The van der Waals surface area contributed by atoms with E-state index in [4.69, 9.17) is 23.2 Å². The molecule has 0 aliphatic rings. The van der Waals surface area contributed by atoms with Crippen LogP contribution in [0.25, 0.3) is 0 Å². The molecule has 0 atom stereocenters. The summed E-state index contributed by atoms with van der Waals surface area (Å²) in [6.45, 7) is 4.04. The van der Waals surface area contributed by atoms with Crippen LogP contribution < -0.4 is 5.32 Å². The average molecular weight is 358 g/mol. The highest BCUT2D eigenvalue weighted by molar-refractivity contribution is 6.33. The van der Waals surface area contributed by atoms with Crippen LogP contribution in [-0.2, 0) is 11.3 Å². The molecular weight excluding hydrogens is 340 g/mol. The zero-order valence-electron chi connectivity index (χ0n) is 12.9. The predicted molar refractivity (Wildman–Crippen MR) is 90.5 cm³/mol. The molecule has 7 heteroatoms. The first-order chi connectivity index (χ1) is 11.0. The fraction of sp³-hybridized carbons (Fsp3) is 0.375.